The molecule has 0 bridgehead atoms. The number of hydrogen-bond donors (Lipinski definition) is 2. The Bertz CT molecular complexity index is 756. The third kappa shape index (κ3) is 4.05. The summed E-state index contributed by atoms with van der Waals surface area (Å²) in [7, 11) is 0. The van der Waals surface area contributed by atoms with E-state index in [0.29, 0.717) is 24.4 Å². The van der Waals surface area contributed by atoms with Gasteiger partial charge in [-0.15, -0.1) is 0 Å². The van der Waals surface area contributed by atoms with Gasteiger partial charge in [0.1, 0.15) is 12.1 Å². The van der Waals surface area contributed by atoms with Crippen molar-refractivity contribution >= 4 is 23.5 Å². The monoisotopic (exact) mass is 385 g/mol. The molecule has 4 amide bonds. The van der Waals surface area contributed by atoms with Gasteiger partial charge >= 0.3 is 6.03 Å². The molecule has 2 aliphatic rings. The van der Waals surface area contributed by atoms with Gasteiger partial charge < -0.3 is 10.6 Å². The van der Waals surface area contributed by atoms with E-state index in [4.69, 9.17) is 0 Å². The minimum atomic E-state index is -0.831. The van der Waals surface area contributed by atoms with Crippen LogP contribution >= 0.6 is 0 Å². The van der Waals surface area contributed by atoms with Gasteiger partial charge in [0.25, 0.3) is 5.91 Å². The van der Waals surface area contributed by atoms with Gasteiger partial charge in [-0.25, -0.2) is 4.79 Å². The van der Waals surface area contributed by atoms with E-state index < -0.39 is 11.6 Å². The van der Waals surface area contributed by atoms with Crippen LogP contribution < -0.4 is 10.6 Å². The number of amides is 4. The molecular weight excluding hydrogens is 354 g/mol. The van der Waals surface area contributed by atoms with Crippen molar-refractivity contribution in [1.82, 2.24) is 10.2 Å². The summed E-state index contributed by atoms with van der Waals surface area (Å²) in [4.78, 5) is 38.9. The first kappa shape index (κ1) is 20.4. The number of carbonyl (C=O) groups is 3. The summed E-state index contributed by atoms with van der Waals surface area (Å²) < 4.78 is 0. The Hall–Kier alpha value is -2.37. The second-order valence-corrected chi connectivity index (χ2v) is 9.14. The number of aryl methyl sites for hydroxylation is 1. The first-order chi connectivity index (χ1) is 13.1. The molecule has 6 nitrogen and oxygen atoms in total. The molecule has 6 heteroatoms. The number of nitrogens with zero attached hydrogens (tertiary/aromatic N) is 1. The van der Waals surface area contributed by atoms with E-state index in [1.54, 1.807) is 0 Å². The van der Waals surface area contributed by atoms with Crippen LogP contribution in [0.5, 0.6) is 0 Å². The van der Waals surface area contributed by atoms with Crippen LogP contribution in [0.2, 0.25) is 0 Å². The normalized spacial score (nSPS) is 25.1. The maximum Gasteiger partial charge on any atom is 0.325 e. The van der Waals surface area contributed by atoms with Crippen molar-refractivity contribution in [1.29, 1.82) is 0 Å². The van der Waals surface area contributed by atoms with Crippen molar-refractivity contribution in [2.45, 2.75) is 65.3 Å². The van der Waals surface area contributed by atoms with E-state index >= 15 is 0 Å². The van der Waals surface area contributed by atoms with Gasteiger partial charge in [-0.05, 0) is 61.1 Å². The van der Waals surface area contributed by atoms with Gasteiger partial charge in [-0.1, -0.05) is 39.8 Å². The van der Waals surface area contributed by atoms with Crippen molar-refractivity contribution in [3.63, 3.8) is 0 Å². The fourth-order valence-electron chi connectivity index (χ4n) is 4.30. The van der Waals surface area contributed by atoms with Crippen LogP contribution in [0.1, 0.15) is 58.9 Å². The molecule has 1 saturated heterocycles. The van der Waals surface area contributed by atoms with Crippen LogP contribution in [0.3, 0.4) is 0 Å². The first-order valence-corrected chi connectivity index (χ1v) is 10.2. The van der Waals surface area contributed by atoms with Gasteiger partial charge in [-0.3, -0.25) is 14.5 Å². The molecule has 0 aromatic heterocycles. The Morgan fingerprint density at radius 2 is 1.79 bits per heavy atom. The summed E-state index contributed by atoms with van der Waals surface area (Å²) in [6.45, 7) is 8.46. The molecule has 1 saturated carbocycles. The van der Waals surface area contributed by atoms with Crippen molar-refractivity contribution in [3.05, 3.63) is 29.8 Å². The second-order valence-electron chi connectivity index (χ2n) is 9.14. The number of nitrogens with one attached hydrogen (secondary N) is 2. The molecule has 2 N–H and O–H groups in total. The largest absolute Gasteiger partial charge is 0.325 e. The quantitative estimate of drug-likeness (QED) is 0.776. The van der Waals surface area contributed by atoms with Crippen LogP contribution in [0, 0.1) is 11.3 Å². The Kier molecular flexibility index (Phi) is 5.50. The third-order valence-corrected chi connectivity index (χ3v) is 6.26. The number of carbonyl (C=O) groups excluding carboxylic acids is 3. The molecule has 1 heterocycles. The minimum Gasteiger partial charge on any atom is -0.325 e. The Labute approximate surface area is 167 Å². The zero-order valence-corrected chi connectivity index (χ0v) is 17.3. The Balaban J connectivity index is 1.61. The lowest BCUT2D eigenvalue weighted by Crippen LogP contribution is -2.50. The van der Waals surface area contributed by atoms with Crippen molar-refractivity contribution in [3.8, 4) is 0 Å². The molecule has 1 aliphatic carbocycles. The van der Waals surface area contributed by atoms with Crippen molar-refractivity contribution in [2.75, 3.05) is 11.9 Å². The lowest BCUT2D eigenvalue weighted by molar-refractivity contribution is -0.135. The molecule has 0 radical (unpaired) electrons. The zero-order chi connectivity index (χ0) is 20.5. The number of imide groups is 1. The number of urea groups is 1. The molecule has 28 heavy (non-hydrogen) atoms. The highest BCUT2D eigenvalue weighted by Gasteiger charge is 2.53. The van der Waals surface area contributed by atoms with Crippen LogP contribution in [-0.4, -0.2) is 34.8 Å². The average molecular weight is 386 g/mol. The van der Waals surface area contributed by atoms with Crippen LogP contribution in [0.25, 0.3) is 0 Å². The summed E-state index contributed by atoms with van der Waals surface area (Å²) in [5, 5.41) is 5.65. The minimum absolute atomic E-state index is 0.195. The number of hydrogen-bond acceptors (Lipinski definition) is 3. The van der Waals surface area contributed by atoms with Gasteiger partial charge in [-0.2, -0.15) is 0 Å². The topological polar surface area (TPSA) is 78.5 Å². The third-order valence-electron chi connectivity index (χ3n) is 6.26. The fraction of sp³-hybridized carbons (Fsp3) is 0.591. The lowest BCUT2D eigenvalue weighted by atomic mass is 9.67. The van der Waals surface area contributed by atoms with Gasteiger partial charge in [0.05, 0.1) is 0 Å². The smallest absolute Gasteiger partial charge is 0.325 e. The molecule has 1 aromatic rings. The molecule has 1 aliphatic heterocycles. The van der Waals surface area contributed by atoms with Gasteiger partial charge in [0, 0.05) is 5.69 Å². The molecular formula is C22H31N3O3. The van der Waals surface area contributed by atoms with Crippen LogP contribution in [0.15, 0.2) is 24.3 Å². The Morgan fingerprint density at radius 1 is 1.18 bits per heavy atom. The highest BCUT2D eigenvalue weighted by atomic mass is 16.2. The maximum atomic E-state index is 13.0. The molecule has 2 fully saturated rings. The zero-order valence-electron chi connectivity index (χ0n) is 17.3. The van der Waals surface area contributed by atoms with E-state index in [1.807, 2.05) is 24.3 Å². The predicted molar refractivity (Wildman–Crippen MR) is 109 cm³/mol. The standard InChI is InChI=1S/C22H31N3O3/c1-5-15-6-8-17(9-7-15)23-18(26)14-25-19(27)22(24-20(25)28)12-10-16(11-13-22)21(2,3)4/h6-9,16H,5,10-14H2,1-4H3,(H,23,26)(H,24,28). The number of anilines is 1. The predicted octanol–water partition coefficient (Wildman–Crippen LogP) is 3.71. The molecule has 0 unspecified atom stereocenters. The lowest BCUT2D eigenvalue weighted by Gasteiger charge is -2.40. The number of benzene rings is 1. The highest BCUT2D eigenvalue weighted by Crippen LogP contribution is 2.43. The average Bonchev–Trinajstić information content (AvgIpc) is 2.86. The van der Waals surface area contributed by atoms with Crippen molar-refractivity contribution < 1.29 is 14.4 Å². The molecule has 3 rings (SSSR count). The molecule has 0 atom stereocenters. The molecule has 152 valence electrons. The van der Waals surface area contributed by atoms with Gasteiger partial charge in [0.2, 0.25) is 5.91 Å². The molecule has 1 spiro atoms. The van der Waals surface area contributed by atoms with Crippen LogP contribution in [-0.2, 0) is 16.0 Å². The van der Waals surface area contributed by atoms with Gasteiger partial charge in [0.15, 0.2) is 0 Å². The van der Waals surface area contributed by atoms with E-state index in [1.165, 1.54) is 5.56 Å². The van der Waals surface area contributed by atoms with E-state index in [9.17, 15) is 14.4 Å². The summed E-state index contributed by atoms with van der Waals surface area (Å²) in [6, 6.07) is 7.10. The molecule has 1 aromatic carbocycles. The SMILES string of the molecule is CCc1ccc(NC(=O)CN2C(=O)NC3(CCC(C(C)(C)C)CC3)C2=O)cc1. The summed E-state index contributed by atoms with van der Waals surface area (Å²) in [5.74, 6) is -0.0965. The first-order valence-electron chi connectivity index (χ1n) is 10.2. The number of rotatable bonds is 4. The highest BCUT2D eigenvalue weighted by molar-refractivity contribution is 6.10. The summed E-state index contributed by atoms with van der Waals surface area (Å²) >= 11 is 0. The van der Waals surface area contributed by atoms with E-state index in [0.717, 1.165) is 24.2 Å². The second kappa shape index (κ2) is 7.57. The van der Waals surface area contributed by atoms with Crippen LogP contribution in [0.4, 0.5) is 10.5 Å². The maximum absolute atomic E-state index is 13.0. The summed E-state index contributed by atoms with van der Waals surface area (Å²) in [5.41, 5.74) is 1.21. The van der Waals surface area contributed by atoms with E-state index in [2.05, 4.69) is 38.3 Å². The van der Waals surface area contributed by atoms with Crippen molar-refractivity contribution in [2.24, 2.45) is 11.3 Å². The van der Waals surface area contributed by atoms with E-state index in [-0.39, 0.29) is 23.8 Å². The summed E-state index contributed by atoms with van der Waals surface area (Å²) in [6.07, 6.45) is 4.00. The fourth-order valence-corrected chi connectivity index (χ4v) is 4.30. The Morgan fingerprint density at radius 3 is 2.32 bits per heavy atom.